The Bertz CT molecular complexity index is 904. The molecule has 0 N–H and O–H groups in total. The molecule has 0 aliphatic heterocycles. The molecule has 4 nitrogen and oxygen atoms in total. The fourth-order valence-electron chi connectivity index (χ4n) is 2.30. The molecular formula is C16H11F5N4. The van der Waals surface area contributed by atoms with Crippen LogP contribution in [0.5, 0.6) is 0 Å². The molecule has 130 valence electrons. The standard InChI is InChI=1S/C16H11F5N4/c1-9(13-6-5-12(17)8-14(13)18)25-23-15(22-24-25)10-3-2-4-11(7-10)16(19,20)21/h2-9H,1H3/t9-/m1/s1. The lowest BCUT2D eigenvalue weighted by atomic mass is 10.1. The highest BCUT2D eigenvalue weighted by Crippen LogP contribution is 2.31. The van der Waals surface area contributed by atoms with E-state index in [0.717, 1.165) is 29.1 Å². The number of hydrogen-bond donors (Lipinski definition) is 0. The summed E-state index contributed by atoms with van der Waals surface area (Å²) in [6, 6.07) is 6.86. The van der Waals surface area contributed by atoms with Crippen molar-refractivity contribution in [3.05, 3.63) is 65.2 Å². The summed E-state index contributed by atoms with van der Waals surface area (Å²) < 4.78 is 65.2. The maximum absolute atomic E-state index is 13.8. The van der Waals surface area contributed by atoms with Gasteiger partial charge in [0.25, 0.3) is 0 Å². The summed E-state index contributed by atoms with van der Waals surface area (Å²) in [6.45, 7) is 1.56. The summed E-state index contributed by atoms with van der Waals surface area (Å²) in [7, 11) is 0. The van der Waals surface area contributed by atoms with Crippen molar-refractivity contribution in [1.82, 2.24) is 20.2 Å². The van der Waals surface area contributed by atoms with Crippen LogP contribution in [-0.2, 0) is 6.18 Å². The largest absolute Gasteiger partial charge is 0.416 e. The molecule has 0 aliphatic carbocycles. The molecule has 0 saturated carbocycles. The Morgan fingerprint density at radius 3 is 2.48 bits per heavy atom. The van der Waals surface area contributed by atoms with Crippen molar-refractivity contribution in [2.45, 2.75) is 19.1 Å². The molecule has 0 amide bonds. The smallest absolute Gasteiger partial charge is 0.207 e. The molecule has 0 aliphatic rings. The van der Waals surface area contributed by atoms with Crippen molar-refractivity contribution in [3.8, 4) is 11.4 Å². The first-order chi connectivity index (χ1) is 11.8. The van der Waals surface area contributed by atoms with Gasteiger partial charge in [0.15, 0.2) is 0 Å². The number of alkyl halides is 3. The molecule has 0 bridgehead atoms. The van der Waals surface area contributed by atoms with Gasteiger partial charge < -0.3 is 0 Å². The van der Waals surface area contributed by atoms with Gasteiger partial charge in [-0.3, -0.25) is 0 Å². The molecule has 0 unspecified atom stereocenters. The van der Waals surface area contributed by atoms with E-state index in [0.29, 0.717) is 0 Å². The summed E-state index contributed by atoms with van der Waals surface area (Å²) in [5.41, 5.74) is -0.568. The second-order valence-corrected chi connectivity index (χ2v) is 5.35. The zero-order valence-corrected chi connectivity index (χ0v) is 12.8. The van der Waals surface area contributed by atoms with Crippen LogP contribution in [0.25, 0.3) is 11.4 Å². The lowest BCUT2D eigenvalue weighted by Gasteiger charge is -2.11. The van der Waals surface area contributed by atoms with Crippen molar-refractivity contribution in [2.75, 3.05) is 0 Å². The Labute approximate surface area is 138 Å². The van der Waals surface area contributed by atoms with Crippen molar-refractivity contribution in [1.29, 1.82) is 0 Å². The molecule has 1 atom stereocenters. The van der Waals surface area contributed by atoms with Crippen LogP contribution in [0, 0.1) is 11.6 Å². The van der Waals surface area contributed by atoms with E-state index in [-0.39, 0.29) is 17.0 Å². The summed E-state index contributed by atoms with van der Waals surface area (Å²) in [5, 5.41) is 11.5. The van der Waals surface area contributed by atoms with Gasteiger partial charge in [-0.05, 0) is 30.3 Å². The average molecular weight is 354 g/mol. The SMILES string of the molecule is C[C@H](c1ccc(F)cc1F)n1nnc(-c2cccc(C(F)(F)F)c2)n1. The van der Waals surface area contributed by atoms with Crippen molar-refractivity contribution in [3.63, 3.8) is 0 Å². The Morgan fingerprint density at radius 2 is 1.80 bits per heavy atom. The third kappa shape index (κ3) is 3.49. The van der Waals surface area contributed by atoms with Crippen LogP contribution in [0.1, 0.15) is 24.1 Å². The molecule has 9 heteroatoms. The monoisotopic (exact) mass is 354 g/mol. The van der Waals surface area contributed by atoms with Crippen molar-refractivity contribution < 1.29 is 22.0 Å². The zero-order chi connectivity index (χ0) is 18.2. The Balaban J connectivity index is 1.92. The molecule has 25 heavy (non-hydrogen) atoms. The number of rotatable bonds is 3. The van der Waals surface area contributed by atoms with E-state index in [2.05, 4.69) is 15.4 Å². The van der Waals surface area contributed by atoms with E-state index < -0.39 is 29.4 Å². The topological polar surface area (TPSA) is 43.6 Å². The zero-order valence-electron chi connectivity index (χ0n) is 12.8. The second kappa shape index (κ2) is 6.23. The number of nitrogens with zero attached hydrogens (tertiary/aromatic N) is 4. The third-order valence-electron chi connectivity index (χ3n) is 3.64. The van der Waals surface area contributed by atoms with Crippen LogP contribution in [-0.4, -0.2) is 20.2 Å². The Hall–Kier alpha value is -2.84. The Kier molecular flexibility index (Phi) is 4.23. The molecule has 2 aromatic carbocycles. The molecule has 0 fully saturated rings. The van der Waals surface area contributed by atoms with Gasteiger partial charge in [-0.1, -0.05) is 18.2 Å². The van der Waals surface area contributed by atoms with Crippen LogP contribution in [0.2, 0.25) is 0 Å². The predicted molar refractivity (Wildman–Crippen MR) is 78.4 cm³/mol. The Morgan fingerprint density at radius 1 is 1.04 bits per heavy atom. The average Bonchev–Trinajstić information content (AvgIpc) is 3.04. The summed E-state index contributed by atoms with van der Waals surface area (Å²) in [6.07, 6.45) is -4.49. The molecule has 3 aromatic rings. The van der Waals surface area contributed by atoms with E-state index in [9.17, 15) is 22.0 Å². The highest BCUT2D eigenvalue weighted by atomic mass is 19.4. The van der Waals surface area contributed by atoms with Crippen LogP contribution in [0.15, 0.2) is 42.5 Å². The number of benzene rings is 2. The van der Waals surface area contributed by atoms with E-state index in [1.807, 2.05) is 0 Å². The molecular weight excluding hydrogens is 343 g/mol. The number of halogens is 5. The first-order valence-corrected chi connectivity index (χ1v) is 7.18. The third-order valence-corrected chi connectivity index (χ3v) is 3.64. The predicted octanol–water partition coefficient (Wildman–Crippen LogP) is 4.25. The minimum absolute atomic E-state index is 0.0273. The van der Waals surface area contributed by atoms with Crippen LogP contribution >= 0.6 is 0 Å². The fourth-order valence-corrected chi connectivity index (χ4v) is 2.30. The van der Waals surface area contributed by atoms with Crippen LogP contribution in [0.3, 0.4) is 0 Å². The molecule has 0 spiro atoms. The van der Waals surface area contributed by atoms with Gasteiger partial charge in [0.05, 0.1) is 11.6 Å². The molecule has 0 saturated heterocycles. The van der Waals surface area contributed by atoms with Gasteiger partial charge in [0.1, 0.15) is 11.6 Å². The fraction of sp³-hybridized carbons (Fsp3) is 0.188. The molecule has 3 rings (SSSR count). The van der Waals surface area contributed by atoms with E-state index in [1.54, 1.807) is 6.92 Å². The van der Waals surface area contributed by atoms with E-state index in [4.69, 9.17) is 0 Å². The maximum atomic E-state index is 13.8. The van der Waals surface area contributed by atoms with Crippen molar-refractivity contribution in [2.24, 2.45) is 0 Å². The summed E-state index contributed by atoms with van der Waals surface area (Å²) in [4.78, 5) is 1.06. The first-order valence-electron chi connectivity index (χ1n) is 7.18. The van der Waals surface area contributed by atoms with Crippen LogP contribution < -0.4 is 0 Å². The minimum Gasteiger partial charge on any atom is -0.207 e. The molecule has 1 aromatic heterocycles. The highest BCUT2D eigenvalue weighted by Gasteiger charge is 2.30. The van der Waals surface area contributed by atoms with E-state index in [1.165, 1.54) is 18.2 Å². The minimum atomic E-state index is -4.49. The molecule has 1 heterocycles. The van der Waals surface area contributed by atoms with Gasteiger partial charge in [0, 0.05) is 17.2 Å². The first kappa shape index (κ1) is 17.0. The lowest BCUT2D eigenvalue weighted by Crippen LogP contribution is -2.12. The van der Waals surface area contributed by atoms with E-state index >= 15 is 0 Å². The number of hydrogen-bond acceptors (Lipinski definition) is 3. The summed E-state index contributed by atoms with van der Waals surface area (Å²) in [5.74, 6) is -1.52. The van der Waals surface area contributed by atoms with Gasteiger partial charge in [-0.2, -0.15) is 18.0 Å². The second-order valence-electron chi connectivity index (χ2n) is 5.35. The lowest BCUT2D eigenvalue weighted by molar-refractivity contribution is -0.137. The van der Waals surface area contributed by atoms with Gasteiger partial charge in [0.2, 0.25) is 5.82 Å². The normalized spacial score (nSPS) is 13.0. The summed E-state index contributed by atoms with van der Waals surface area (Å²) >= 11 is 0. The van der Waals surface area contributed by atoms with Crippen molar-refractivity contribution >= 4 is 0 Å². The van der Waals surface area contributed by atoms with Gasteiger partial charge >= 0.3 is 6.18 Å². The van der Waals surface area contributed by atoms with Gasteiger partial charge in [-0.25, -0.2) is 8.78 Å². The molecule has 0 radical (unpaired) electrons. The number of tetrazole rings is 1. The maximum Gasteiger partial charge on any atom is 0.416 e. The van der Waals surface area contributed by atoms with Crippen LogP contribution in [0.4, 0.5) is 22.0 Å². The highest BCUT2D eigenvalue weighted by molar-refractivity contribution is 5.55. The van der Waals surface area contributed by atoms with Gasteiger partial charge in [-0.15, -0.1) is 10.2 Å². The number of aromatic nitrogens is 4. The quantitative estimate of drug-likeness (QED) is 0.661.